The van der Waals surface area contributed by atoms with E-state index in [0.29, 0.717) is 5.56 Å². The van der Waals surface area contributed by atoms with Crippen molar-refractivity contribution in [1.82, 2.24) is 0 Å². The number of ether oxygens (including phenoxy) is 1. The number of hydrogen-bond donors (Lipinski definition) is 0. The van der Waals surface area contributed by atoms with Crippen LogP contribution in [-0.2, 0) is 0 Å². The summed E-state index contributed by atoms with van der Waals surface area (Å²) in [5.74, 6) is -0.260. The molecule has 2 nitrogen and oxygen atoms in total. The Morgan fingerprint density at radius 1 is 1.58 bits per heavy atom. The first-order chi connectivity index (χ1) is 5.75. The molecule has 0 aromatic heterocycles. The monoisotopic (exact) mass is 165 g/mol. The molecule has 0 radical (unpaired) electrons. The Morgan fingerprint density at radius 3 is 3.00 bits per heavy atom. The molecule has 1 aromatic rings. The maximum absolute atomic E-state index is 13.1. The molecule has 0 unspecified atom stereocenters. The minimum Gasteiger partial charge on any atom is -0.476 e. The number of nitriles is 1. The van der Waals surface area contributed by atoms with E-state index < -0.39 is 5.82 Å². The van der Waals surface area contributed by atoms with Crippen molar-refractivity contribution in [2.24, 2.45) is 0 Å². The second-order valence-corrected chi connectivity index (χ2v) is 2.33. The van der Waals surface area contributed by atoms with E-state index in [1.807, 2.05) is 0 Å². The van der Waals surface area contributed by atoms with Gasteiger partial charge in [-0.15, -0.1) is 0 Å². The first-order valence-corrected chi connectivity index (χ1v) is 3.50. The van der Waals surface area contributed by atoms with Gasteiger partial charge in [-0.05, 0) is 18.6 Å². The molecule has 0 fully saturated rings. The van der Waals surface area contributed by atoms with E-state index in [2.05, 4.69) is 0 Å². The van der Waals surface area contributed by atoms with Gasteiger partial charge in [-0.3, -0.25) is 0 Å². The van der Waals surface area contributed by atoms with Crippen molar-refractivity contribution in [2.45, 2.75) is 6.92 Å². The number of rotatable bonds is 2. The zero-order valence-electron chi connectivity index (χ0n) is 6.67. The highest BCUT2D eigenvalue weighted by Gasteiger charge is 2.04. The van der Waals surface area contributed by atoms with Gasteiger partial charge in [0.25, 0.3) is 0 Å². The zero-order chi connectivity index (χ0) is 8.97. The fourth-order valence-electron chi connectivity index (χ4n) is 0.842. The molecule has 0 aliphatic rings. The summed E-state index contributed by atoms with van der Waals surface area (Å²) in [5.41, 5.74) is 0.519. The Morgan fingerprint density at radius 2 is 2.33 bits per heavy atom. The van der Waals surface area contributed by atoms with E-state index in [1.54, 1.807) is 25.1 Å². The van der Waals surface area contributed by atoms with Gasteiger partial charge < -0.3 is 4.74 Å². The van der Waals surface area contributed by atoms with Gasteiger partial charge in [0.2, 0.25) is 0 Å². The molecular weight excluding hydrogens is 157 g/mol. The van der Waals surface area contributed by atoms with Crippen LogP contribution in [0.2, 0.25) is 0 Å². The van der Waals surface area contributed by atoms with E-state index in [1.165, 1.54) is 6.07 Å². The van der Waals surface area contributed by atoms with Gasteiger partial charge in [0, 0.05) is 0 Å². The Bertz CT molecular complexity index is 317. The van der Waals surface area contributed by atoms with E-state index in [4.69, 9.17) is 10.00 Å². The van der Waals surface area contributed by atoms with Gasteiger partial charge in [-0.2, -0.15) is 5.26 Å². The van der Waals surface area contributed by atoms with Crippen molar-refractivity contribution in [1.29, 1.82) is 5.26 Å². The summed E-state index contributed by atoms with van der Waals surface area (Å²) < 4.78 is 17.9. The summed E-state index contributed by atoms with van der Waals surface area (Å²) >= 11 is 0. The van der Waals surface area contributed by atoms with Crippen LogP contribution in [0.25, 0.3) is 0 Å². The molecule has 0 atom stereocenters. The van der Waals surface area contributed by atoms with Crippen LogP contribution in [-0.4, -0.2) is 6.61 Å². The average molecular weight is 165 g/mol. The Labute approximate surface area is 70.2 Å². The van der Waals surface area contributed by atoms with Crippen molar-refractivity contribution in [2.75, 3.05) is 6.61 Å². The van der Waals surface area contributed by atoms with Crippen LogP contribution >= 0.6 is 0 Å². The van der Waals surface area contributed by atoms with Crippen molar-refractivity contribution in [3.63, 3.8) is 0 Å². The average Bonchev–Trinajstić information content (AvgIpc) is 2.08. The smallest absolute Gasteiger partial charge is 0.174 e. The van der Waals surface area contributed by atoms with Crippen LogP contribution in [0.1, 0.15) is 5.56 Å². The second kappa shape index (κ2) is 3.72. The summed E-state index contributed by atoms with van der Waals surface area (Å²) in [6.45, 7) is 1.52. The topological polar surface area (TPSA) is 33.0 Å². The normalized spacial score (nSPS) is 9.08. The summed E-state index contributed by atoms with van der Waals surface area (Å²) in [6.07, 6.45) is 0. The second-order valence-electron chi connectivity index (χ2n) is 2.33. The molecule has 1 rings (SSSR count). The van der Waals surface area contributed by atoms with Gasteiger partial charge in [-0.1, -0.05) is 12.1 Å². The van der Waals surface area contributed by atoms with Crippen LogP contribution in [0, 0.1) is 24.1 Å². The lowest BCUT2D eigenvalue weighted by Crippen LogP contribution is -1.97. The van der Waals surface area contributed by atoms with Crippen molar-refractivity contribution in [3.8, 4) is 11.8 Å². The van der Waals surface area contributed by atoms with Crippen LogP contribution in [0.15, 0.2) is 18.2 Å². The molecule has 0 N–H and O–H groups in total. The SMILES string of the molecule is Cc1cccc(OCC#N)c1F. The van der Waals surface area contributed by atoms with Crippen LogP contribution < -0.4 is 4.74 Å². The molecule has 1 aromatic carbocycles. The molecule has 0 bridgehead atoms. The van der Waals surface area contributed by atoms with Crippen molar-refractivity contribution >= 4 is 0 Å². The third-order valence-corrected chi connectivity index (χ3v) is 1.45. The van der Waals surface area contributed by atoms with Crippen LogP contribution in [0.5, 0.6) is 5.75 Å². The lowest BCUT2D eigenvalue weighted by Gasteiger charge is -2.03. The van der Waals surface area contributed by atoms with E-state index >= 15 is 0 Å². The molecule has 0 heterocycles. The van der Waals surface area contributed by atoms with Gasteiger partial charge in [-0.25, -0.2) is 4.39 Å². The maximum atomic E-state index is 13.1. The number of benzene rings is 1. The lowest BCUT2D eigenvalue weighted by molar-refractivity contribution is 0.345. The quantitative estimate of drug-likeness (QED) is 0.671. The zero-order valence-corrected chi connectivity index (χ0v) is 6.67. The predicted molar refractivity (Wildman–Crippen MR) is 42.2 cm³/mol. The molecule has 62 valence electrons. The van der Waals surface area contributed by atoms with Gasteiger partial charge in [0.1, 0.15) is 6.07 Å². The fourth-order valence-corrected chi connectivity index (χ4v) is 0.842. The first kappa shape index (κ1) is 8.54. The maximum Gasteiger partial charge on any atom is 0.174 e. The molecule has 0 aliphatic carbocycles. The number of halogens is 1. The largest absolute Gasteiger partial charge is 0.476 e. The minimum absolute atomic E-state index is 0.125. The molecule has 0 saturated heterocycles. The highest BCUT2D eigenvalue weighted by atomic mass is 19.1. The minimum atomic E-state index is -0.396. The molecule has 0 spiro atoms. The molecule has 0 aliphatic heterocycles. The predicted octanol–water partition coefficient (Wildman–Crippen LogP) is 2.04. The number of aryl methyl sites for hydroxylation is 1. The van der Waals surface area contributed by atoms with Crippen molar-refractivity contribution in [3.05, 3.63) is 29.6 Å². The number of hydrogen-bond acceptors (Lipinski definition) is 2. The molecule has 12 heavy (non-hydrogen) atoms. The van der Waals surface area contributed by atoms with Crippen LogP contribution in [0.4, 0.5) is 4.39 Å². The Balaban J connectivity index is 2.86. The Hall–Kier alpha value is -1.56. The highest BCUT2D eigenvalue weighted by molar-refractivity contribution is 5.30. The third-order valence-electron chi connectivity index (χ3n) is 1.45. The van der Waals surface area contributed by atoms with Gasteiger partial charge in [0.15, 0.2) is 18.2 Å². The summed E-state index contributed by atoms with van der Waals surface area (Å²) in [7, 11) is 0. The fraction of sp³-hybridized carbons (Fsp3) is 0.222. The van der Waals surface area contributed by atoms with Gasteiger partial charge >= 0.3 is 0 Å². The highest BCUT2D eigenvalue weighted by Crippen LogP contribution is 2.19. The third kappa shape index (κ3) is 1.73. The summed E-state index contributed by atoms with van der Waals surface area (Å²) in [4.78, 5) is 0. The molecule has 3 heteroatoms. The molecule has 0 amide bonds. The van der Waals surface area contributed by atoms with Crippen molar-refractivity contribution < 1.29 is 9.13 Å². The van der Waals surface area contributed by atoms with E-state index in [9.17, 15) is 4.39 Å². The Kier molecular flexibility index (Phi) is 2.65. The van der Waals surface area contributed by atoms with Gasteiger partial charge in [0.05, 0.1) is 0 Å². The lowest BCUT2D eigenvalue weighted by atomic mass is 10.2. The van der Waals surface area contributed by atoms with E-state index in [-0.39, 0.29) is 12.4 Å². The standard InChI is InChI=1S/C9H8FNO/c1-7-3-2-4-8(9(7)10)12-6-5-11/h2-4H,6H2,1H3. The summed E-state index contributed by atoms with van der Waals surface area (Å²) in [5, 5.41) is 8.19. The first-order valence-electron chi connectivity index (χ1n) is 3.50. The summed E-state index contributed by atoms with van der Waals surface area (Å²) in [6, 6.07) is 6.61. The number of nitrogens with zero attached hydrogens (tertiary/aromatic N) is 1. The van der Waals surface area contributed by atoms with E-state index in [0.717, 1.165) is 0 Å². The molecule has 0 saturated carbocycles. The molecular formula is C9H8FNO. The van der Waals surface area contributed by atoms with Crippen LogP contribution in [0.3, 0.4) is 0 Å².